The third-order valence-corrected chi connectivity index (χ3v) is 4.47. The highest BCUT2D eigenvalue weighted by Crippen LogP contribution is 2.21. The fraction of sp³-hybridized carbons (Fsp3) is 0.706. The number of likely N-dealkylation sites (N-methyl/N-ethyl adjacent to an activating group) is 1. The van der Waals surface area contributed by atoms with E-state index in [1.165, 1.54) is 25.7 Å². The zero-order valence-corrected chi connectivity index (χ0v) is 17.1. The van der Waals surface area contributed by atoms with E-state index in [1.54, 1.807) is 7.05 Å². The Balaban J connectivity index is 0.00000264. The molecule has 2 N–H and O–H groups in total. The van der Waals surface area contributed by atoms with Crippen molar-refractivity contribution in [3.8, 4) is 0 Å². The van der Waals surface area contributed by atoms with E-state index in [0.717, 1.165) is 36.6 Å². The van der Waals surface area contributed by atoms with Gasteiger partial charge in [0.05, 0.1) is 6.04 Å². The normalized spacial score (nSPS) is 17.2. The van der Waals surface area contributed by atoms with Gasteiger partial charge in [-0.05, 0) is 45.9 Å². The van der Waals surface area contributed by atoms with Gasteiger partial charge in [0, 0.05) is 26.2 Å². The lowest BCUT2D eigenvalue weighted by Crippen LogP contribution is -2.43. The predicted octanol–water partition coefficient (Wildman–Crippen LogP) is 3.31. The molecule has 1 aromatic rings. The summed E-state index contributed by atoms with van der Waals surface area (Å²) in [5.74, 6) is 2.69. The van der Waals surface area contributed by atoms with Gasteiger partial charge >= 0.3 is 0 Å². The van der Waals surface area contributed by atoms with Gasteiger partial charge in [-0.2, -0.15) is 0 Å². The summed E-state index contributed by atoms with van der Waals surface area (Å²) < 4.78 is 5.65. The smallest absolute Gasteiger partial charge is 0.191 e. The van der Waals surface area contributed by atoms with Crippen LogP contribution in [0.5, 0.6) is 0 Å². The summed E-state index contributed by atoms with van der Waals surface area (Å²) in [6, 6.07) is 4.86. The maximum atomic E-state index is 5.65. The Bertz CT molecular complexity index is 483. The van der Waals surface area contributed by atoms with Crippen LogP contribution in [0.25, 0.3) is 0 Å². The number of aryl methyl sites for hydroxylation is 1. The Morgan fingerprint density at radius 1 is 1.39 bits per heavy atom. The van der Waals surface area contributed by atoms with Crippen molar-refractivity contribution in [3.05, 3.63) is 23.7 Å². The fourth-order valence-electron chi connectivity index (χ4n) is 3.04. The number of hydrogen-bond donors (Lipinski definition) is 2. The molecule has 0 amide bonds. The highest BCUT2D eigenvalue weighted by atomic mass is 127. The highest BCUT2D eigenvalue weighted by molar-refractivity contribution is 14.0. The second kappa shape index (κ2) is 10.2. The van der Waals surface area contributed by atoms with Crippen molar-refractivity contribution in [2.75, 3.05) is 27.2 Å². The van der Waals surface area contributed by atoms with Crippen LogP contribution < -0.4 is 10.6 Å². The number of guanidine groups is 1. The molecule has 2 rings (SSSR count). The number of nitrogens with one attached hydrogen (secondary N) is 2. The fourth-order valence-corrected chi connectivity index (χ4v) is 3.04. The maximum Gasteiger partial charge on any atom is 0.191 e. The van der Waals surface area contributed by atoms with E-state index in [4.69, 9.17) is 4.42 Å². The number of aliphatic imine (C=N–C) groups is 1. The van der Waals surface area contributed by atoms with Crippen molar-refractivity contribution < 1.29 is 4.42 Å². The molecule has 23 heavy (non-hydrogen) atoms. The largest absolute Gasteiger partial charge is 0.464 e. The number of nitrogens with zero attached hydrogens (tertiary/aromatic N) is 2. The van der Waals surface area contributed by atoms with Gasteiger partial charge in [0.1, 0.15) is 11.5 Å². The summed E-state index contributed by atoms with van der Waals surface area (Å²) in [5, 5.41) is 6.75. The van der Waals surface area contributed by atoms with Crippen molar-refractivity contribution in [2.24, 2.45) is 4.99 Å². The molecule has 1 fully saturated rings. The standard InChI is InChI=1S/C17H30N4O.HI/c1-13-9-10-16(22-13)14(2)20-17(18-3)19-11-12-21(4)15-7-5-6-8-15;/h9-10,14-15H,5-8,11-12H2,1-4H3,(H2,18,19,20);1H. The molecule has 0 spiro atoms. The summed E-state index contributed by atoms with van der Waals surface area (Å²) in [4.78, 5) is 6.75. The molecule has 6 heteroatoms. The van der Waals surface area contributed by atoms with Gasteiger partial charge in [-0.25, -0.2) is 0 Å². The minimum Gasteiger partial charge on any atom is -0.464 e. The summed E-state index contributed by atoms with van der Waals surface area (Å²) in [6.07, 6.45) is 5.45. The van der Waals surface area contributed by atoms with Crippen LogP contribution in [0.15, 0.2) is 21.5 Å². The predicted molar refractivity (Wildman–Crippen MR) is 107 cm³/mol. The van der Waals surface area contributed by atoms with E-state index < -0.39 is 0 Å². The molecule has 0 aliphatic heterocycles. The number of halogens is 1. The third-order valence-electron chi connectivity index (χ3n) is 4.47. The molecule has 1 atom stereocenters. The average molecular weight is 434 g/mol. The van der Waals surface area contributed by atoms with E-state index in [2.05, 4.69) is 34.5 Å². The zero-order valence-electron chi connectivity index (χ0n) is 14.8. The molecular weight excluding hydrogens is 403 g/mol. The lowest BCUT2D eigenvalue weighted by Gasteiger charge is -2.24. The van der Waals surface area contributed by atoms with Crippen LogP contribution in [-0.4, -0.2) is 44.1 Å². The lowest BCUT2D eigenvalue weighted by atomic mass is 10.2. The molecule has 1 aliphatic rings. The second-order valence-corrected chi connectivity index (χ2v) is 6.23. The average Bonchev–Trinajstić information content (AvgIpc) is 3.17. The van der Waals surface area contributed by atoms with Gasteiger partial charge in [0.15, 0.2) is 5.96 Å². The van der Waals surface area contributed by atoms with Crippen LogP contribution in [0.2, 0.25) is 0 Å². The van der Waals surface area contributed by atoms with Crippen LogP contribution in [0.3, 0.4) is 0 Å². The van der Waals surface area contributed by atoms with Crippen LogP contribution >= 0.6 is 24.0 Å². The Hall–Kier alpha value is -0.760. The summed E-state index contributed by atoms with van der Waals surface area (Å²) >= 11 is 0. The maximum absolute atomic E-state index is 5.65. The first-order chi connectivity index (χ1) is 10.6. The first-order valence-corrected chi connectivity index (χ1v) is 8.34. The van der Waals surface area contributed by atoms with Gasteiger partial charge in [0.2, 0.25) is 0 Å². The number of hydrogen-bond acceptors (Lipinski definition) is 3. The zero-order chi connectivity index (χ0) is 15.9. The molecular formula is C17H31IN4O. The molecule has 1 unspecified atom stereocenters. The van der Waals surface area contributed by atoms with Crippen molar-refractivity contribution in [1.29, 1.82) is 0 Å². The Morgan fingerprint density at radius 3 is 2.65 bits per heavy atom. The van der Waals surface area contributed by atoms with Crippen LogP contribution in [0.4, 0.5) is 0 Å². The van der Waals surface area contributed by atoms with Crippen molar-refractivity contribution in [3.63, 3.8) is 0 Å². The molecule has 1 heterocycles. The topological polar surface area (TPSA) is 52.8 Å². The van der Waals surface area contributed by atoms with Crippen molar-refractivity contribution >= 4 is 29.9 Å². The van der Waals surface area contributed by atoms with Gasteiger partial charge in [-0.3, -0.25) is 4.99 Å². The van der Waals surface area contributed by atoms with E-state index >= 15 is 0 Å². The molecule has 1 aromatic heterocycles. The molecule has 1 saturated carbocycles. The summed E-state index contributed by atoms with van der Waals surface area (Å²) in [7, 11) is 4.03. The molecule has 1 aliphatic carbocycles. The quantitative estimate of drug-likeness (QED) is 0.410. The van der Waals surface area contributed by atoms with Crippen LogP contribution in [-0.2, 0) is 0 Å². The van der Waals surface area contributed by atoms with E-state index in [-0.39, 0.29) is 30.0 Å². The molecule has 5 nitrogen and oxygen atoms in total. The molecule has 0 saturated heterocycles. The molecule has 0 radical (unpaired) electrons. The van der Waals surface area contributed by atoms with Crippen molar-refractivity contribution in [2.45, 2.75) is 51.6 Å². The second-order valence-electron chi connectivity index (χ2n) is 6.23. The Morgan fingerprint density at radius 2 is 2.09 bits per heavy atom. The SMILES string of the molecule is CN=C(NCCN(C)C1CCCC1)NC(C)c1ccc(C)o1.I. The van der Waals surface area contributed by atoms with Crippen molar-refractivity contribution in [1.82, 2.24) is 15.5 Å². The van der Waals surface area contributed by atoms with Gasteiger partial charge in [-0.1, -0.05) is 12.8 Å². The Kier molecular flexibility index (Phi) is 8.98. The molecule has 132 valence electrons. The van der Waals surface area contributed by atoms with E-state index in [9.17, 15) is 0 Å². The van der Waals surface area contributed by atoms with Crippen LogP contribution in [0.1, 0.15) is 50.2 Å². The van der Waals surface area contributed by atoms with Gasteiger partial charge in [0.25, 0.3) is 0 Å². The van der Waals surface area contributed by atoms with Gasteiger partial charge < -0.3 is 20.0 Å². The lowest BCUT2D eigenvalue weighted by molar-refractivity contribution is 0.249. The van der Waals surface area contributed by atoms with Gasteiger partial charge in [-0.15, -0.1) is 24.0 Å². The minimum atomic E-state index is 0. The van der Waals surface area contributed by atoms with E-state index in [0.29, 0.717) is 0 Å². The summed E-state index contributed by atoms with van der Waals surface area (Å²) in [6.45, 7) is 5.98. The van der Waals surface area contributed by atoms with Crippen LogP contribution in [0, 0.1) is 6.92 Å². The van der Waals surface area contributed by atoms with E-state index in [1.807, 2.05) is 19.1 Å². The molecule has 0 bridgehead atoms. The minimum absolute atomic E-state index is 0. The summed E-state index contributed by atoms with van der Waals surface area (Å²) in [5.41, 5.74) is 0. The molecule has 0 aromatic carbocycles. The first kappa shape index (κ1) is 20.3. The highest BCUT2D eigenvalue weighted by Gasteiger charge is 2.19. The Labute approximate surface area is 157 Å². The first-order valence-electron chi connectivity index (χ1n) is 8.34. The monoisotopic (exact) mass is 434 g/mol. The third kappa shape index (κ3) is 6.33. The number of furan rings is 1. The number of rotatable bonds is 6.